The molecule has 3 aromatic rings. The van der Waals surface area contributed by atoms with E-state index < -0.39 is 0 Å². The van der Waals surface area contributed by atoms with Gasteiger partial charge in [0.1, 0.15) is 0 Å². The van der Waals surface area contributed by atoms with Crippen LogP contribution in [0.5, 0.6) is 0 Å². The van der Waals surface area contributed by atoms with Gasteiger partial charge in [0, 0.05) is 5.02 Å². The molecule has 0 saturated heterocycles. The monoisotopic (exact) mass is 373 g/mol. The van der Waals surface area contributed by atoms with Crippen LogP contribution in [0, 0.1) is 0 Å². The summed E-state index contributed by atoms with van der Waals surface area (Å²) >= 11 is 18.9. The molecule has 1 amide bonds. The minimum atomic E-state index is -0.385. The van der Waals surface area contributed by atoms with E-state index in [1.807, 2.05) is 0 Å². The van der Waals surface area contributed by atoms with E-state index in [9.17, 15) is 4.79 Å². The van der Waals surface area contributed by atoms with Crippen LogP contribution < -0.4 is 5.32 Å². The number of anilines is 1. The van der Waals surface area contributed by atoms with Gasteiger partial charge in [-0.2, -0.15) is 0 Å². The molecule has 9 heteroatoms. The van der Waals surface area contributed by atoms with E-state index in [0.717, 1.165) is 11.3 Å². The zero-order chi connectivity index (χ0) is 15.7. The molecule has 22 heavy (non-hydrogen) atoms. The number of rotatable bonds is 3. The van der Waals surface area contributed by atoms with Crippen LogP contribution in [0.2, 0.25) is 14.4 Å². The second kappa shape index (κ2) is 6.26. The Morgan fingerprint density at radius 2 is 1.95 bits per heavy atom. The van der Waals surface area contributed by atoms with E-state index in [2.05, 4.69) is 15.5 Å². The third-order valence-electron chi connectivity index (χ3n) is 2.60. The number of benzene rings is 1. The Kier molecular flexibility index (Phi) is 4.35. The molecule has 0 saturated carbocycles. The molecule has 2 aromatic heterocycles. The summed E-state index contributed by atoms with van der Waals surface area (Å²) in [5.74, 6) is -0.226. The summed E-state index contributed by atoms with van der Waals surface area (Å²) in [5, 5.41) is 11.0. The maximum atomic E-state index is 12.0. The fourth-order valence-corrected chi connectivity index (χ4v) is 2.95. The lowest BCUT2D eigenvalue weighted by atomic mass is 10.2. The summed E-state index contributed by atoms with van der Waals surface area (Å²) in [6.07, 6.45) is 0. The third kappa shape index (κ3) is 3.25. The van der Waals surface area contributed by atoms with E-state index >= 15 is 0 Å². The SMILES string of the molecule is O=C(Nc1nnc(-c2cc(Cl)ccc2Cl)o1)c1ccc(Cl)s1. The van der Waals surface area contributed by atoms with Gasteiger partial charge in [0.2, 0.25) is 0 Å². The molecule has 1 N–H and O–H groups in total. The zero-order valence-electron chi connectivity index (χ0n) is 10.6. The standard InChI is InChI=1S/C13H6Cl3N3O2S/c14-6-1-2-8(15)7(5-6)12-18-19-13(21-12)17-11(20)9-3-4-10(16)22-9/h1-5H,(H,17,19,20). The number of aromatic nitrogens is 2. The Morgan fingerprint density at radius 1 is 1.14 bits per heavy atom. The fourth-order valence-electron chi connectivity index (χ4n) is 1.64. The molecule has 0 radical (unpaired) electrons. The van der Waals surface area contributed by atoms with Gasteiger partial charge in [-0.3, -0.25) is 10.1 Å². The first-order valence-corrected chi connectivity index (χ1v) is 7.83. The Bertz CT molecular complexity index is 847. The highest BCUT2D eigenvalue weighted by atomic mass is 35.5. The van der Waals surface area contributed by atoms with Crippen LogP contribution in [0.25, 0.3) is 11.5 Å². The summed E-state index contributed by atoms with van der Waals surface area (Å²) < 4.78 is 5.89. The normalized spacial score (nSPS) is 10.7. The van der Waals surface area contributed by atoms with Gasteiger partial charge in [-0.15, -0.1) is 16.4 Å². The number of nitrogens with zero attached hydrogens (tertiary/aromatic N) is 2. The highest BCUT2D eigenvalue weighted by Crippen LogP contribution is 2.30. The first-order valence-electron chi connectivity index (χ1n) is 5.88. The molecule has 5 nitrogen and oxygen atoms in total. The van der Waals surface area contributed by atoms with Crippen LogP contribution in [-0.4, -0.2) is 16.1 Å². The molecule has 0 aliphatic heterocycles. The van der Waals surface area contributed by atoms with Crippen LogP contribution in [-0.2, 0) is 0 Å². The maximum Gasteiger partial charge on any atom is 0.322 e. The number of amides is 1. The summed E-state index contributed by atoms with van der Waals surface area (Å²) in [7, 11) is 0. The number of carbonyl (C=O) groups is 1. The van der Waals surface area contributed by atoms with Crippen molar-refractivity contribution >= 4 is 58.1 Å². The molecular weight excluding hydrogens is 369 g/mol. The first kappa shape index (κ1) is 15.3. The minimum Gasteiger partial charge on any atom is -0.403 e. The highest BCUT2D eigenvalue weighted by Gasteiger charge is 2.16. The molecule has 2 heterocycles. The predicted octanol–water partition coefficient (Wildman–Crippen LogP) is 5.01. The number of halogens is 3. The second-order valence-corrected chi connectivity index (χ2v) is 6.65. The number of thiophene rings is 1. The maximum absolute atomic E-state index is 12.0. The van der Waals surface area contributed by atoms with Crippen molar-refractivity contribution in [1.82, 2.24) is 10.2 Å². The highest BCUT2D eigenvalue weighted by molar-refractivity contribution is 7.18. The fraction of sp³-hybridized carbons (Fsp3) is 0. The van der Waals surface area contributed by atoms with Gasteiger partial charge in [0.15, 0.2) is 0 Å². The molecule has 112 valence electrons. The van der Waals surface area contributed by atoms with Crippen LogP contribution in [0.4, 0.5) is 6.01 Å². The Morgan fingerprint density at radius 3 is 2.68 bits per heavy atom. The number of hydrogen-bond donors (Lipinski definition) is 1. The van der Waals surface area contributed by atoms with Crippen molar-refractivity contribution in [3.05, 3.63) is 49.6 Å². The lowest BCUT2D eigenvalue weighted by Gasteiger charge is -1.99. The topological polar surface area (TPSA) is 68.0 Å². The third-order valence-corrected chi connectivity index (χ3v) is 4.40. The molecule has 0 aliphatic rings. The largest absolute Gasteiger partial charge is 0.403 e. The molecule has 3 rings (SSSR count). The van der Waals surface area contributed by atoms with Gasteiger partial charge in [0.25, 0.3) is 11.8 Å². The lowest BCUT2D eigenvalue weighted by Crippen LogP contribution is -2.10. The van der Waals surface area contributed by atoms with Gasteiger partial charge in [-0.25, -0.2) is 0 Å². The van der Waals surface area contributed by atoms with Crippen molar-refractivity contribution in [3.63, 3.8) is 0 Å². The average Bonchev–Trinajstić information content (AvgIpc) is 3.11. The molecule has 0 atom stereocenters. The molecule has 0 fully saturated rings. The molecule has 0 spiro atoms. The van der Waals surface area contributed by atoms with Crippen molar-refractivity contribution in [2.24, 2.45) is 0 Å². The van der Waals surface area contributed by atoms with Gasteiger partial charge >= 0.3 is 6.01 Å². The molecule has 0 bridgehead atoms. The van der Waals surface area contributed by atoms with Gasteiger partial charge in [-0.05, 0) is 30.3 Å². The van der Waals surface area contributed by atoms with Crippen LogP contribution in [0.1, 0.15) is 9.67 Å². The molecule has 0 aliphatic carbocycles. The van der Waals surface area contributed by atoms with Crippen LogP contribution in [0.3, 0.4) is 0 Å². The van der Waals surface area contributed by atoms with Crippen molar-refractivity contribution in [3.8, 4) is 11.5 Å². The number of nitrogens with one attached hydrogen (secondary N) is 1. The van der Waals surface area contributed by atoms with Crippen molar-refractivity contribution in [2.75, 3.05) is 5.32 Å². The van der Waals surface area contributed by atoms with E-state index in [4.69, 9.17) is 39.2 Å². The molecular formula is C13H6Cl3N3O2S. The lowest BCUT2D eigenvalue weighted by molar-refractivity contribution is 0.102. The summed E-state index contributed by atoms with van der Waals surface area (Å²) in [6.45, 7) is 0. The average molecular weight is 375 g/mol. The Balaban J connectivity index is 1.82. The summed E-state index contributed by atoms with van der Waals surface area (Å²) in [5.41, 5.74) is 0.487. The Hall–Kier alpha value is -1.60. The van der Waals surface area contributed by atoms with Crippen LogP contribution >= 0.6 is 46.1 Å². The summed E-state index contributed by atoms with van der Waals surface area (Å²) in [6, 6.07) is 8.06. The predicted molar refractivity (Wildman–Crippen MR) is 87.0 cm³/mol. The van der Waals surface area contributed by atoms with E-state index in [1.165, 1.54) is 0 Å². The number of carbonyl (C=O) groups excluding carboxylic acids is 1. The van der Waals surface area contributed by atoms with Crippen molar-refractivity contribution in [1.29, 1.82) is 0 Å². The van der Waals surface area contributed by atoms with E-state index in [-0.39, 0.29) is 17.8 Å². The van der Waals surface area contributed by atoms with Gasteiger partial charge in [-0.1, -0.05) is 39.9 Å². The van der Waals surface area contributed by atoms with Crippen LogP contribution in [0.15, 0.2) is 34.7 Å². The zero-order valence-corrected chi connectivity index (χ0v) is 13.7. The second-order valence-electron chi connectivity index (χ2n) is 4.09. The van der Waals surface area contributed by atoms with E-state index in [1.54, 1.807) is 30.3 Å². The minimum absolute atomic E-state index is 0.0411. The summed E-state index contributed by atoms with van der Waals surface area (Å²) in [4.78, 5) is 12.4. The Labute approximate surface area is 143 Å². The molecule has 0 unspecified atom stereocenters. The van der Waals surface area contributed by atoms with Gasteiger partial charge < -0.3 is 4.42 Å². The van der Waals surface area contributed by atoms with Crippen molar-refractivity contribution in [2.45, 2.75) is 0 Å². The quantitative estimate of drug-likeness (QED) is 0.699. The smallest absolute Gasteiger partial charge is 0.322 e. The van der Waals surface area contributed by atoms with Gasteiger partial charge in [0.05, 0.1) is 19.8 Å². The molecule has 1 aromatic carbocycles. The first-order chi connectivity index (χ1) is 10.5. The number of hydrogen-bond acceptors (Lipinski definition) is 5. The van der Waals surface area contributed by atoms with Crippen molar-refractivity contribution < 1.29 is 9.21 Å². The van der Waals surface area contributed by atoms with E-state index in [0.29, 0.717) is 24.8 Å².